The third-order valence-electron chi connectivity index (χ3n) is 16.6. The van der Waals surface area contributed by atoms with E-state index in [0.29, 0.717) is 63.4 Å². The van der Waals surface area contributed by atoms with Crippen LogP contribution in [0, 0.1) is 11.3 Å². The van der Waals surface area contributed by atoms with Crippen molar-refractivity contribution >= 4 is 112 Å². The van der Waals surface area contributed by atoms with Crippen molar-refractivity contribution in [3.8, 4) is 0 Å². The van der Waals surface area contributed by atoms with Crippen molar-refractivity contribution < 1.29 is 175 Å². The fourth-order valence-electron chi connectivity index (χ4n) is 10.3. The molecular formula is C76H98O37S. The Morgan fingerprint density at radius 3 is 1.47 bits per heavy atom. The van der Waals surface area contributed by atoms with E-state index < -0.39 is 142 Å². The number of esters is 10. The van der Waals surface area contributed by atoms with Crippen LogP contribution in [0.4, 0.5) is 19.2 Å². The van der Waals surface area contributed by atoms with Crippen molar-refractivity contribution in [1.29, 1.82) is 0 Å². The van der Waals surface area contributed by atoms with Crippen molar-refractivity contribution in [2.75, 3.05) is 64.4 Å². The first kappa shape index (κ1) is 98.5. The molecule has 0 radical (unpaired) electrons. The molecule has 6 heterocycles. The summed E-state index contributed by atoms with van der Waals surface area (Å²) >= 11 is 0. The molecule has 0 spiro atoms. The Balaban J connectivity index is 0.000000436. The molecule has 4 aliphatic carbocycles. The maximum absolute atomic E-state index is 11.3. The smallest absolute Gasteiger partial charge is 0.462 e. The normalized spacial score (nSPS) is 24.7. The van der Waals surface area contributed by atoms with E-state index in [1.807, 2.05) is 6.92 Å². The Morgan fingerprint density at radius 1 is 0.500 bits per heavy atom. The van der Waals surface area contributed by atoms with Gasteiger partial charge in [0.15, 0.2) is 51.4 Å². The summed E-state index contributed by atoms with van der Waals surface area (Å²) in [4.78, 5) is 183. The first-order valence-corrected chi connectivity index (χ1v) is 37.4. The summed E-state index contributed by atoms with van der Waals surface area (Å²) in [7, 11) is -2.96. The molecule has 11 unspecified atom stereocenters. The Labute approximate surface area is 657 Å². The number of Topliss-reactive ketones (excluding diaryl/α,β-unsaturated/α-hetero) is 3. The molecule has 630 valence electrons. The lowest BCUT2D eigenvalue weighted by Gasteiger charge is -2.33. The van der Waals surface area contributed by atoms with Crippen molar-refractivity contribution in [3.63, 3.8) is 0 Å². The molecule has 4 saturated carbocycles. The second-order valence-corrected chi connectivity index (χ2v) is 28.0. The van der Waals surface area contributed by atoms with E-state index in [-0.39, 0.29) is 106 Å². The van der Waals surface area contributed by atoms with Crippen LogP contribution < -0.4 is 0 Å². The van der Waals surface area contributed by atoms with Gasteiger partial charge in [-0.15, -0.1) is 0 Å². The van der Waals surface area contributed by atoms with Crippen LogP contribution in [0.2, 0.25) is 0 Å². The van der Waals surface area contributed by atoms with Crippen LogP contribution in [-0.4, -0.2) is 235 Å². The summed E-state index contributed by atoms with van der Waals surface area (Å²) in [5.74, 6) is -4.69. The summed E-state index contributed by atoms with van der Waals surface area (Å²) < 4.78 is 107. The predicted octanol–water partition coefficient (Wildman–Crippen LogP) is 6.81. The number of hydrogen-bond acceptors (Lipinski definition) is 37. The zero-order chi connectivity index (χ0) is 85.7. The molecule has 0 aromatic rings. The average Bonchev–Trinajstić information content (AvgIpc) is 1.65. The third kappa shape index (κ3) is 38.6. The topological polar surface area (TPSA) is 490 Å². The monoisotopic (exact) mass is 1630 g/mol. The van der Waals surface area contributed by atoms with Crippen LogP contribution in [0.3, 0.4) is 0 Å². The molecular weight excluding hydrogens is 1540 g/mol. The number of ketones is 3. The van der Waals surface area contributed by atoms with Gasteiger partial charge in [0.05, 0.1) is 16.9 Å². The number of cyclic esters (lactones) is 8. The standard InChI is InChI=1S/C10H14O5.C10H12O4.C9H12O3.3C8H10O5.2C8H10O3.C7H10O4S/c1-3-8(11)13-5-10(4-2)6-14-9(12)15-7-10;1-2-8(11)14-9-6-4-3-5-7(6)13-10(9)12;1-2-9(11)12-8-6-4-3-5-7(8)10;1-5(2)7(9)11-3-6-4-12-8(10)13-6;1-3-6(9)11-4-8(2)5-12-7(10)13-8;1-3-7(9)11-4-6-5(2)12-8(10)13-6;1-2-8(10)11-7-4-3-6(9)5-7;1-2-8(10)11-7-5-3-4-6(7)9;1-2-7(8)11-6-3-4-12(9,10)5-6/h3H,1,4-7H2,2H3;2,6-7,9H,1,3-5H2;2,8H,1,3-6H2;6H,1,3-4H2,2H3;3H,1,4-5H2,2H3;3,5-6H,1,4H2,2H3;2*2,7H,1,3-5H2;2,6H,1,3-5H2. The van der Waals surface area contributed by atoms with Crippen LogP contribution in [0.25, 0.3) is 0 Å². The average molecular weight is 1640 g/mol. The van der Waals surface area contributed by atoms with Gasteiger partial charge in [0.25, 0.3) is 0 Å². The first-order chi connectivity index (χ1) is 53.8. The second-order valence-electron chi connectivity index (χ2n) is 25.8. The van der Waals surface area contributed by atoms with Crippen LogP contribution in [0.5, 0.6) is 0 Å². The Bertz CT molecular complexity index is 3630. The number of fused-ring (bicyclic) bond motifs is 1. The van der Waals surface area contributed by atoms with E-state index in [1.165, 1.54) is 0 Å². The molecule has 0 aromatic heterocycles. The molecule has 38 heteroatoms. The molecule has 0 aromatic carbocycles. The van der Waals surface area contributed by atoms with Gasteiger partial charge in [0, 0.05) is 85.8 Å². The van der Waals surface area contributed by atoms with Crippen LogP contribution in [-0.2, 0) is 157 Å². The highest BCUT2D eigenvalue weighted by Gasteiger charge is 2.49. The largest absolute Gasteiger partial charge is 0.509 e. The Hall–Kier alpha value is -11.6. The van der Waals surface area contributed by atoms with Gasteiger partial charge in [-0.05, 0) is 91.4 Å². The number of ether oxygens (including phenoxy) is 18. The van der Waals surface area contributed by atoms with Gasteiger partial charge in [-0.3, -0.25) is 14.4 Å². The molecule has 114 heavy (non-hydrogen) atoms. The maximum Gasteiger partial charge on any atom is 0.509 e. The van der Waals surface area contributed by atoms with E-state index in [1.54, 1.807) is 20.8 Å². The minimum absolute atomic E-state index is 0.00222. The van der Waals surface area contributed by atoms with Crippen LogP contribution in [0.15, 0.2) is 113 Å². The lowest BCUT2D eigenvalue weighted by Crippen LogP contribution is -2.42. The van der Waals surface area contributed by atoms with Gasteiger partial charge in [0.1, 0.15) is 83.1 Å². The minimum atomic E-state index is -2.96. The molecule has 0 amide bonds. The van der Waals surface area contributed by atoms with Gasteiger partial charge < -0.3 is 85.3 Å². The Morgan fingerprint density at radius 2 is 1.02 bits per heavy atom. The molecule has 6 aliphatic heterocycles. The van der Waals surface area contributed by atoms with E-state index >= 15 is 0 Å². The molecule has 0 bridgehead atoms. The fraction of sp³-hybridized carbons (Fsp3) is 0.539. The quantitative estimate of drug-likeness (QED) is 0.0575. The molecule has 6 saturated heterocycles. The first-order valence-electron chi connectivity index (χ1n) is 35.5. The highest BCUT2D eigenvalue weighted by Crippen LogP contribution is 2.38. The van der Waals surface area contributed by atoms with Crippen molar-refractivity contribution in [2.45, 2.75) is 185 Å². The summed E-state index contributed by atoms with van der Waals surface area (Å²) in [6, 6.07) is 0. The SMILES string of the molecule is C=C(C)C(=O)OCC1COC(=O)O1.C=CC(=O)OC1C(=O)OC2CCCC21.C=CC(=O)OC1CCC(=O)C1.C=CC(=O)OC1CCCC1=O.C=CC(=O)OC1CCCCC1=O.C=CC(=O)OC1CCS(=O)(=O)C1.C=CC(=O)OCC1(C)COC(=O)O1.C=CC(=O)OCC1(CC)COC(=O)OC1.C=CC(=O)OCC1OC(=O)OC1C. The zero-order valence-electron chi connectivity index (χ0n) is 63.9. The van der Waals surface area contributed by atoms with E-state index in [2.05, 4.69) is 82.9 Å². The molecule has 10 rings (SSSR count). The van der Waals surface area contributed by atoms with Gasteiger partial charge >= 0.3 is 84.3 Å². The lowest BCUT2D eigenvalue weighted by molar-refractivity contribution is -0.159. The lowest BCUT2D eigenvalue weighted by atomic mass is 9.87. The van der Waals surface area contributed by atoms with Gasteiger partial charge in [-0.1, -0.05) is 66.1 Å². The molecule has 0 N–H and O–H groups in total. The van der Waals surface area contributed by atoms with Gasteiger partial charge in [-0.25, -0.2) is 75.5 Å². The predicted molar refractivity (Wildman–Crippen MR) is 389 cm³/mol. The van der Waals surface area contributed by atoms with E-state index in [0.717, 1.165) is 87.1 Å². The van der Waals surface area contributed by atoms with E-state index in [9.17, 15) is 89.9 Å². The van der Waals surface area contributed by atoms with Crippen molar-refractivity contribution in [3.05, 3.63) is 113 Å². The number of sulfone groups is 1. The molecule has 10 fully saturated rings. The minimum Gasteiger partial charge on any atom is -0.462 e. The molecule has 11 atom stereocenters. The van der Waals surface area contributed by atoms with Crippen molar-refractivity contribution in [2.24, 2.45) is 11.3 Å². The fourth-order valence-corrected chi connectivity index (χ4v) is 11.9. The summed E-state index contributed by atoms with van der Waals surface area (Å²) in [5, 5.41) is 0. The molecule has 37 nitrogen and oxygen atoms in total. The number of rotatable bonds is 23. The number of carbonyl (C=O) groups is 17. The van der Waals surface area contributed by atoms with Gasteiger partial charge in [0.2, 0.25) is 6.10 Å². The van der Waals surface area contributed by atoms with Crippen LogP contribution in [0.1, 0.15) is 124 Å². The van der Waals surface area contributed by atoms with Crippen LogP contribution >= 0.6 is 0 Å². The third-order valence-corrected chi connectivity index (χ3v) is 18.4. The summed E-state index contributed by atoms with van der Waals surface area (Å²) in [5.41, 5.74) is -0.979. The van der Waals surface area contributed by atoms with Crippen molar-refractivity contribution in [1.82, 2.24) is 0 Å². The van der Waals surface area contributed by atoms with Gasteiger partial charge in [-0.2, -0.15) is 0 Å². The molecule has 10 aliphatic rings. The summed E-state index contributed by atoms with van der Waals surface area (Å²) in [6.07, 6.45) is 12.5. The second kappa shape index (κ2) is 51.1. The highest BCUT2D eigenvalue weighted by molar-refractivity contribution is 7.91. The number of hydrogen-bond donors (Lipinski definition) is 0. The summed E-state index contributed by atoms with van der Waals surface area (Å²) in [6.45, 7) is 37.0. The number of carbonyl (C=O) groups excluding carboxylic acids is 17. The Kier molecular flexibility index (Phi) is 44.2. The zero-order valence-corrected chi connectivity index (χ0v) is 64.8. The van der Waals surface area contributed by atoms with E-state index in [4.69, 9.17) is 61.6 Å². The highest BCUT2D eigenvalue weighted by atomic mass is 32.2. The maximum atomic E-state index is 11.3.